The molecule has 3 aromatic heterocycles. The Morgan fingerprint density at radius 2 is 2.24 bits per heavy atom. The Kier molecular flexibility index (Phi) is 4.18. The highest BCUT2D eigenvalue weighted by atomic mass is 32.1. The number of nitrogens with one attached hydrogen (secondary N) is 1. The standard InChI is InChI=1S/C16H15N5O2S2/c1-9-19-11(8-25-9)13-18-7-10(14(22)20-13)16(23)21-5-2-3-12(21)15-17-4-6-24-15/h4,6-8,12H,2-3,5H2,1H3,(H,18,20,22)/t12-/m1/s1. The van der Waals surface area contributed by atoms with Crippen molar-refractivity contribution in [2.45, 2.75) is 25.8 Å². The van der Waals surface area contributed by atoms with E-state index in [-0.39, 0.29) is 17.5 Å². The quantitative estimate of drug-likeness (QED) is 0.762. The lowest BCUT2D eigenvalue weighted by atomic mass is 10.2. The first-order valence-corrected chi connectivity index (χ1v) is 9.61. The van der Waals surface area contributed by atoms with E-state index in [2.05, 4.69) is 19.9 Å². The van der Waals surface area contributed by atoms with E-state index in [9.17, 15) is 9.59 Å². The second kappa shape index (κ2) is 6.49. The number of carbonyl (C=O) groups excluding carboxylic acids is 1. The average molecular weight is 373 g/mol. The predicted molar refractivity (Wildman–Crippen MR) is 95.8 cm³/mol. The molecule has 1 aliphatic rings. The molecule has 128 valence electrons. The molecule has 1 saturated heterocycles. The monoisotopic (exact) mass is 373 g/mol. The Balaban J connectivity index is 1.63. The highest BCUT2D eigenvalue weighted by molar-refractivity contribution is 7.10. The maximum Gasteiger partial charge on any atom is 0.264 e. The molecular formula is C16H15N5O2S2. The number of aromatic nitrogens is 4. The summed E-state index contributed by atoms with van der Waals surface area (Å²) in [6, 6.07) is -0.0623. The fourth-order valence-electron chi connectivity index (χ4n) is 2.97. The number of nitrogens with zero attached hydrogens (tertiary/aromatic N) is 4. The van der Waals surface area contributed by atoms with E-state index in [0.29, 0.717) is 18.1 Å². The van der Waals surface area contributed by atoms with Gasteiger partial charge in [-0.25, -0.2) is 15.0 Å². The van der Waals surface area contributed by atoms with E-state index < -0.39 is 5.56 Å². The Morgan fingerprint density at radius 3 is 2.92 bits per heavy atom. The number of likely N-dealkylation sites (tertiary alicyclic amines) is 1. The summed E-state index contributed by atoms with van der Waals surface area (Å²) in [5.41, 5.74) is 0.227. The summed E-state index contributed by atoms with van der Waals surface area (Å²) in [5, 5.41) is 5.52. The molecule has 0 radical (unpaired) electrons. The SMILES string of the molecule is Cc1nc(-c2ncc(C(=O)N3CCC[C@@H]3c3nccs3)c(=O)[nH]2)cs1. The lowest BCUT2D eigenvalue weighted by Gasteiger charge is -2.22. The minimum Gasteiger partial charge on any atom is -0.329 e. The van der Waals surface area contributed by atoms with Crippen molar-refractivity contribution in [2.24, 2.45) is 0 Å². The second-order valence-corrected chi connectivity index (χ2v) is 7.74. The molecule has 0 unspecified atom stereocenters. The minimum atomic E-state index is -0.439. The van der Waals surface area contributed by atoms with E-state index in [0.717, 1.165) is 22.9 Å². The van der Waals surface area contributed by atoms with Gasteiger partial charge in [0.25, 0.3) is 11.5 Å². The molecule has 1 atom stereocenters. The molecule has 1 fully saturated rings. The third kappa shape index (κ3) is 3.00. The molecule has 0 saturated carbocycles. The van der Waals surface area contributed by atoms with Gasteiger partial charge in [-0.15, -0.1) is 22.7 Å². The van der Waals surface area contributed by atoms with E-state index >= 15 is 0 Å². The summed E-state index contributed by atoms with van der Waals surface area (Å²) >= 11 is 3.01. The van der Waals surface area contributed by atoms with Gasteiger partial charge in [-0.05, 0) is 19.8 Å². The third-order valence-corrected chi connectivity index (χ3v) is 5.79. The van der Waals surface area contributed by atoms with Gasteiger partial charge in [0.1, 0.15) is 16.3 Å². The van der Waals surface area contributed by atoms with E-state index in [1.165, 1.54) is 28.9 Å². The highest BCUT2D eigenvalue weighted by Crippen LogP contribution is 2.33. The van der Waals surface area contributed by atoms with Crippen molar-refractivity contribution < 1.29 is 4.79 Å². The Morgan fingerprint density at radius 1 is 1.36 bits per heavy atom. The molecule has 1 aliphatic heterocycles. The van der Waals surface area contributed by atoms with Crippen molar-refractivity contribution in [3.8, 4) is 11.5 Å². The van der Waals surface area contributed by atoms with Crippen LogP contribution in [0.5, 0.6) is 0 Å². The summed E-state index contributed by atoms with van der Waals surface area (Å²) < 4.78 is 0. The van der Waals surface area contributed by atoms with E-state index in [1.807, 2.05) is 17.7 Å². The number of carbonyl (C=O) groups is 1. The van der Waals surface area contributed by atoms with Crippen LogP contribution in [0.4, 0.5) is 0 Å². The summed E-state index contributed by atoms with van der Waals surface area (Å²) in [6.45, 7) is 2.51. The van der Waals surface area contributed by atoms with Crippen LogP contribution >= 0.6 is 22.7 Å². The molecule has 4 heterocycles. The molecular weight excluding hydrogens is 358 g/mol. The van der Waals surface area contributed by atoms with Crippen molar-refractivity contribution in [1.82, 2.24) is 24.8 Å². The Hall–Kier alpha value is -2.39. The van der Waals surface area contributed by atoms with Crippen LogP contribution in [0.25, 0.3) is 11.5 Å². The topological polar surface area (TPSA) is 91.8 Å². The minimum absolute atomic E-state index is 0.0548. The zero-order valence-corrected chi connectivity index (χ0v) is 15.1. The number of rotatable bonds is 3. The van der Waals surface area contributed by atoms with Gasteiger partial charge in [0, 0.05) is 29.7 Å². The van der Waals surface area contributed by atoms with Crippen molar-refractivity contribution in [2.75, 3.05) is 6.54 Å². The van der Waals surface area contributed by atoms with Gasteiger partial charge in [0.15, 0.2) is 5.82 Å². The van der Waals surface area contributed by atoms with Crippen molar-refractivity contribution >= 4 is 28.6 Å². The molecule has 0 spiro atoms. The molecule has 0 aliphatic carbocycles. The lowest BCUT2D eigenvalue weighted by Crippen LogP contribution is -2.34. The summed E-state index contributed by atoms with van der Waals surface area (Å²) in [4.78, 5) is 42.5. The molecule has 0 aromatic carbocycles. The fourth-order valence-corrected chi connectivity index (χ4v) is 4.35. The smallest absolute Gasteiger partial charge is 0.264 e. The number of hydrogen-bond donors (Lipinski definition) is 1. The van der Waals surface area contributed by atoms with Crippen molar-refractivity contribution in [3.05, 3.63) is 49.1 Å². The normalized spacial score (nSPS) is 17.2. The van der Waals surface area contributed by atoms with Gasteiger partial charge in [-0.2, -0.15) is 0 Å². The van der Waals surface area contributed by atoms with Crippen LogP contribution in [0.3, 0.4) is 0 Å². The first-order valence-electron chi connectivity index (χ1n) is 7.85. The van der Waals surface area contributed by atoms with Gasteiger partial charge < -0.3 is 9.88 Å². The lowest BCUT2D eigenvalue weighted by molar-refractivity contribution is 0.0733. The first-order chi connectivity index (χ1) is 12.1. The van der Waals surface area contributed by atoms with Crippen LogP contribution in [-0.2, 0) is 0 Å². The molecule has 1 N–H and O–H groups in total. The number of hydrogen-bond acceptors (Lipinski definition) is 7. The predicted octanol–water partition coefficient (Wildman–Crippen LogP) is 2.64. The number of aromatic amines is 1. The number of amides is 1. The molecule has 0 bridgehead atoms. The first kappa shape index (κ1) is 16.1. The second-order valence-electron chi connectivity index (χ2n) is 5.75. The van der Waals surface area contributed by atoms with Gasteiger partial charge in [0.2, 0.25) is 0 Å². The zero-order chi connectivity index (χ0) is 17.4. The van der Waals surface area contributed by atoms with Gasteiger partial charge in [-0.1, -0.05) is 0 Å². The van der Waals surface area contributed by atoms with Crippen LogP contribution in [0.2, 0.25) is 0 Å². The van der Waals surface area contributed by atoms with Crippen LogP contribution in [0.15, 0.2) is 27.9 Å². The molecule has 4 rings (SSSR count). The van der Waals surface area contributed by atoms with Crippen LogP contribution in [-0.4, -0.2) is 37.3 Å². The summed E-state index contributed by atoms with van der Waals surface area (Å²) in [6.07, 6.45) is 4.85. The maximum absolute atomic E-state index is 12.9. The largest absolute Gasteiger partial charge is 0.329 e. The van der Waals surface area contributed by atoms with Crippen molar-refractivity contribution in [3.63, 3.8) is 0 Å². The highest BCUT2D eigenvalue weighted by Gasteiger charge is 2.33. The summed E-state index contributed by atoms with van der Waals surface area (Å²) in [7, 11) is 0. The number of thiazole rings is 2. The molecule has 9 heteroatoms. The molecule has 7 nitrogen and oxygen atoms in total. The average Bonchev–Trinajstić information content (AvgIpc) is 3.34. The van der Waals surface area contributed by atoms with Crippen LogP contribution < -0.4 is 5.56 Å². The number of H-pyrrole nitrogens is 1. The van der Waals surface area contributed by atoms with Gasteiger partial charge >= 0.3 is 0 Å². The molecule has 3 aromatic rings. The maximum atomic E-state index is 12.9. The van der Waals surface area contributed by atoms with Crippen LogP contribution in [0, 0.1) is 6.92 Å². The number of aryl methyl sites for hydroxylation is 1. The van der Waals surface area contributed by atoms with Gasteiger partial charge in [-0.3, -0.25) is 9.59 Å². The third-order valence-electron chi connectivity index (χ3n) is 4.14. The molecule has 25 heavy (non-hydrogen) atoms. The van der Waals surface area contributed by atoms with Crippen molar-refractivity contribution in [1.29, 1.82) is 0 Å². The molecule has 1 amide bonds. The van der Waals surface area contributed by atoms with Crippen LogP contribution in [0.1, 0.15) is 39.3 Å². The fraction of sp³-hybridized carbons (Fsp3) is 0.312. The Labute approximate surface area is 151 Å². The zero-order valence-electron chi connectivity index (χ0n) is 13.4. The van der Waals surface area contributed by atoms with Gasteiger partial charge in [0.05, 0.1) is 11.0 Å². The van der Waals surface area contributed by atoms with E-state index in [4.69, 9.17) is 0 Å². The van der Waals surface area contributed by atoms with E-state index in [1.54, 1.807) is 11.1 Å². The summed E-state index contributed by atoms with van der Waals surface area (Å²) in [5.74, 6) is 0.0799. The Bertz CT molecular complexity index is 963.